The normalized spacial score (nSPS) is 13.8. The maximum atomic E-state index is 11.9. The van der Waals surface area contributed by atoms with E-state index in [1.807, 2.05) is 0 Å². The Bertz CT molecular complexity index is 250. The standard InChI is InChI=1S/C7H6F6O2/c1-2-4(14)3-5(15,6(8,9)10)7(11,12)13/h2,15H,1,3H2. The Morgan fingerprint density at radius 1 is 1.13 bits per heavy atom. The molecule has 0 unspecified atom stereocenters. The molecule has 0 aromatic heterocycles. The number of hydrogen-bond acceptors (Lipinski definition) is 2. The van der Waals surface area contributed by atoms with Gasteiger partial charge in [-0.05, 0) is 6.08 Å². The lowest BCUT2D eigenvalue weighted by Gasteiger charge is -2.31. The Balaban J connectivity index is 5.24. The predicted molar refractivity (Wildman–Crippen MR) is 36.9 cm³/mol. The minimum absolute atomic E-state index is 0.280. The van der Waals surface area contributed by atoms with Crippen LogP contribution in [0.5, 0.6) is 0 Å². The van der Waals surface area contributed by atoms with Crippen LogP contribution in [-0.2, 0) is 4.79 Å². The number of allylic oxidation sites excluding steroid dienone is 1. The average Bonchev–Trinajstić information content (AvgIpc) is 1.99. The number of ketones is 1. The van der Waals surface area contributed by atoms with E-state index < -0.39 is 30.2 Å². The van der Waals surface area contributed by atoms with Gasteiger partial charge in [-0.2, -0.15) is 26.3 Å². The summed E-state index contributed by atoms with van der Waals surface area (Å²) >= 11 is 0. The molecule has 2 nitrogen and oxygen atoms in total. The van der Waals surface area contributed by atoms with E-state index >= 15 is 0 Å². The van der Waals surface area contributed by atoms with Crippen molar-refractivity contribution in [3.05, 3.63) is 12.7 Å². The van der Waals surface area contributed by atoms with Gasteiger partial charge in [0.1, 0.15) is 0 Å². The van der Waals surface area contributed by atoms with Gasteiger partial charge in [-0.25, -0.2) is 0 Å². The van der Waals surface area contributed by atoms with Crippen molar-refractivity contribution in [2.75, 3.05) is 0 Å². The summed E-state index contributed by atoms with van der Waals surface area (Å²) in [5, 5.41) is 8.47. The topological polar surface area (TPSA) is 37.3 Å². The van der Waals surface area contributed by atoms with Gasteiger partial charge in [-0.15, -0.1) is 0 Å². The van der Waals surface area contributed by atoms with Crippen LogP contribution in [-0.4, -0.2) is 28.8 Å². The smallest absolute Gasteiger partial charge is 0.373 e. The SMILES string of the molecule is C=CC(=O)CC(O)(C(F)(F)F)C(F)(F)F. The molecule has 0 heterocycles. The van der Waals surface area contributed by atoms with Crippen molar-refractivity contribution in [1.82, 2.24) is 0 Å². The van der Waals surface area contributed by atoms with Crippen LogP contribution in [0, 0.1) is 0 Å². The predicted octanol–water partition coefficient (Wildman–Crippen LogP) is 1.99. The van der Waals surface area contributed by atoms with Crippen LogP contribution in [0.2, 0.25) is 0 Å². The third kappa shape index (κ3) is 2.71. The van der Waals surface area contributed by atoms with E-state index in [1.54, 1.807) is 0 Å². The number of alkyl halides is 6. The first kappa shape index (κ1) is 13.9. The number of hydrogen-bond donors (Lipinski definition) is 1. The van der Waals surface area contributed by atoms with Crippen LogP contribution >= 0.6 is 0 Å². The maximum Gasteiger partial charge on any atom is 0.426 e. The Labute approximate surface area is 80.2 Å². The lowest BCUT2D eigenvalue weighted by atomic mass is 9.95. The zero-order valence-corrected chi connectivity index (χ0v) is 7.11. The summed E-state index contributed by atoms with van der Waals surface area (Å²) in [6, 6.07) is 0. The minimum Gasteiger partial charge on any atom is -0.373 e. The zero-order valence-electron chi connectivity index (χ0n) is 7.11. The zero-order chi connectivity index (χ0) is 12.5. The fourth-order valence-corrected chi connectivity index (χ4v) is 0.685. The van der Waals surface area contributed by atoms with E-state index in [1.165, 1.54) is 0 Å². The molecule has 0 rings (SSSR count). The Morgan fingerprint density at radius 2 is 1.47 bits per heavy atom. The summed E-state index contributed by atoms with van der Waals surface area (Å²) < 4.78 is 71.6. The molecular weight excluding hydrogens is 230 g/mol. The van der Waals surface area contributed by atoms with Crippen LogP contribution in [0.4, 0.5) is 26.3 Å². The molecule has 0 aromatic carbocycles. The van der Waals surface area contributed by atoms with Gasteiger partial charge >= 0.3 is 12.4 Å². The van der Waals surface area contributed by atoms with Crippen molar-refractivity contribution in [3.8, 4) is 0 Å². The summed E-state index contributed by atoms with van der Waals surface area (Å²) in [5.41, 5.74) is -5.02. The molecule has 0 aliphatic carbocycles. The lowest BCUT2D eigenvalue weighted by molar-refractivity contribution is -0.366. The van der Waals surface area contributed by atoms with Crippen LogP contribution in [0.1, 0.15) is 6.42 Å². The van der Waals surface area contributed by atoms with Crippen LogP contribution in [0.25, 0.3) is 0 Å². The molecule has 15 heavy (non-hydrogen) atoms. The van der Waals surface area contributed by atoms with Crippen LogP contribution in [0.15, 0.2) is 12.7 Å². The monoisotopic (exact) mass is 236 g/mol. The number of carbonyl (C=O) groups is 1. The van der Waals surface area contributed by atoms with Crippen molar-refractivity contribution in [2.45, 2.75) is 24.4 Å². The average molecular weight is 236 g/mol. The number of halogens is 6. The highest BCUT2D eigenvalue weighted by Gasteiger charge is 2.70. The van der Waals surface area contributed by atoms with E-state index in [0.717, 1.165) is 0 Å². The first-order chi connectivity index (χ1) is 6.45. The van der Waals surface area contributed by atoms with Crippen LogP contribution in [0.3, 0.4) is 0 Å². The van der Waals surface area contributed by atoms with E-state index in [0.29, 0.717) is 0 Å². The first-order valence-electron chi connectivity index (χ1n) is 3.47. The molecule has 0 amide bonds. The van der Waals surface area contributed by atoms with Crippen LogP contribution < -0.4 is 0 Å². The first-order valence-corrected chi connectivity index (χ1v) is 3.47. The highest BCUT2D eigenvalue weighted by Crippen LogP contribution is 2.45. The second kappa shape index (κ2) is 3.84. The van der Waals surface area contributed by atoms with Gasteiger partial charge in [0.05, 0.1) is 6.42 Å². The molecule has 0 aliphatic heterocycles. The lowest BCUT2D eigenvalue weighted by Crippen LogP contribution is -2.57. The molecular formula is C7H6F6O2. The van der Waals surface area contributed by atoms with Gasteiger partial charge in [-0.3, -0.25) is 4.79 Å². The highest BCUT2D eigenvalue weighted by atomic mass is 19.4. The molecule has 0 aromatic rings. The number of carbonyl (C=O) groups excluding carboxylic acids is 1. The van der Waals surface area contributed by atoms with Crippen molar-refractivity contribution in [1.29, 1.82) is 0 Å². The molecule has 0 fully saturated rings. The molecule has 0 saturated carbocycles. The van der Waals surface area contributed by atoms with Crippen molar-refractivity contribution in [3.63, 3.8) is 0 Å². The van der Waals surface area contributed by atoms with Gasteiger partial charge < -0.3 is 5.11 Å². The van der Waals surface area contributed by atoms with Gasteiger partial charge in [-0.1, -0.05) is 6.58 Å². The Hall–Kier alpha value is -1.05. The Kier molecular flexibility index (Phi) is 3.57. The second-order valence-electron chi connectivity index (χ2n) is 2.70. The second-order valence-corrected chi connectivity index (χ2v) is 2.70. The molecule has 0 atom stereocenters. The summed E-state index contributed by atoms with van der Waals surface area (Å²) in [5.74, 6) is -1.55. The molecule has 1 N–H and O–H groups in total. The summed E-state index contributed by atoms with van der Waals surface area (Å²) in [4.78, 5) is 10.4. The quantitative estimate of drug-likeness (QED) is 0.601. The molecule has 0 radical (unpaired) electrons. The van der Waals surface area contributed by atoms with Crippen molar-refractivity contribution >= 4 is 5.78 Å². The Morgan fingerprint density at radius 3 is 1.67 bits per heavy atom. The van der Waals surface area contributed by atoms with Gasteiger partial charge in [0.15, 0.2) is 5.78 Å². The fourth-order valence-electron chi connectivity index (χ4n) is 0.685. The molecule has 8 heteroatoms. The fraction of sp³-hybridized carbons (Fsp3) is 0.571. The van der Waals surface area contributed by atoms with Gasteiger partial charge in [0.2, 0.25) is 0 Å². The van der Waals surface area contributed by atoms with Crippen molar-refractivity contribution < 1.29 is 36.2 Å². The molecule has 88 valence electrons. The van der Waals surface area contributed by atoms with E-state index in [9.17, 15) is 31.1 Å². The molecule has 0 spiro atoms. The maximum absolute atomic E-state index is 11.9. The molecule has 0 saturated heterocycles. The van der Waals surface area contributed by atoms with Crippen molar-refractivity contribution in [2.24, 2.45) is 0 Å². The van der Waals surface area contributed by atoms with Gasteiger partial charge in [0, 0.05) is 0 Å². The number of rotatable bonds is 3. The van der Waals surface area contributed by atoms with Gasteiger partial charge in [0.25, 0.3) is 5.60 Å². The highest BCUT2D eigenvalue weighted by molar-refractivity contribution is 5.90. The summed E-state index contributed by atoms with van der Waals surface area (Å²) in [6.07, 6.45) is -13.8. The van der Waals surface area contributed by atoms with E-state index in [2.05, 4.69) is 6.58 Å². The third-order valence-corrected chi connectivity index (χ3v) is 1.60. The molecule has 0 aliphatic rings. The summed E-state index contributed by atoms with van der Waals surface area (Å²) in [6.45, 7) is 2.71. The van der Waals surface area contributed by atoms with E-state index in [4.69, 9.17) is 5.11 Å². The third-order valence-electron chi connectivity index (χ3n) is 1.60. The minimum atomic E-state index is -5.97. The molecule has 0 bridgehead atoms. The number of aliphatic hydroxyl groups is 1. The summed E-state index contributed by atoms with van der Waals surface area (Å²) in [7, 11) is 0. The van der Waals surface area contributed by atoms with E-state index in [-0.39, 0.29) is 6.08 Å². The largest absolute Gasteiger partial charge is 0.426 e.